The van der Waals surface area contributed by atoms with Crippen molar-refractivity contribution in [3.63, 3.8) is 0 Å². The van der Waals surface area contributed by atoms with Gasteiger partial charge < -0.3 is 10.3 Å². The van der Waals surface area contributed by atoms with E-state index in [1.54, 1.807) is 0 Å². The molecular formula is C13H23N3. The van der Waals surface area contributed by atoms with E-state index >= 15 is 0 Å². The number of rotatable bonds is 3. The van der Waals surface area contributed by atoms with Crippen molar-refractivity contribution in [2.75, 3.05) is 5.73 Å². The zero-order chi connectivity index (χ0) is 12.5. The van der Waals surface area contributed by atoms with E-state index in [-0.39, 0.29) is 5.41 Å². The van der Waals surface area contributed by atoms with E-state index in [1.165, 1.54) is 0 Å². The molecule has 0 aliphatic heterocycles. The third kappa shape index (κ3) is 2.29. The Labute approximate surface area is 98.4 Å². The van der Waals surface area contributed by atoms with Gasteiger partial charge in [-0.2, -0.15) is 0 Å². The highest BCUT2D eigenvalue weighted by atomic mass is 15.1. The predicted molar refractivity (Wildman–Crippen MR) is 69.6 cm³/mol. The molecule has 0 unspecified atom stereocenters. The van der Waals surface area contributed by atoms with Crippen LogP contribution < -0.4 is 5.73 Å². The minimum Gasteiger partial charge on any atom is -0.384 e. The van der Waals surface area contributed by atoms with E-state index < -0.39 is 0 Å². The summed E-state index contributed by atoms with van der Waals surface area (Å²) in [6.07, 6.45) is 1.86. The summed E-state index contributed by atoms with van der Waals surface area (Å²) in [4.78, 5) is 4.69. The van der Waals surface area contributed by atoms with E-state index in [9.17, 15) is 0 Å². The number of imidazole rings is 1. The van der Waals surface area contributed by atoms with Crippen LogP contribution in [0, 0.1) is 0 Å². The van der Waals surface area contributed by atoms with Crippen molar-refractivity contribution < 1.29 is 0 Å². The quantitative estimate of drug-likeness (QED) is 0.797. The van der Waals surface area contributed by atoms with Crippen LogP contribution in [-0.2, 0) is 12.0 Å². The van der Waals surface area contributed by atoms with Gasteiger partial charge in [0.25, 0.3) is 0 Å². The second kappa shape index (κ2) is 4.32. The number of aromatic nitrogens is 2. The Hall–Kier alpha value is -1.25. The normalized spacial score (nSPS) is 12.1. The molecule has 1 heterocycles. The van der Waals surface area contributed by atoms with E-state index in [0.29, 0.717) is 5.92 Å². The van der Waals surface area contributed by atoms with Gasteiger partial charge in [-0.1, -0.05) is 40.7 Å². The number of allylic oxidation sites excluding steroid dienone is 1. The third-order valence-electron chi connectivity index (χ3n) is 2.57. The second-order valence-corrected chi connectivity index (χ2v) is 5.51. The Morgan fingerprint density at radius 1 is 1.44 bits per heavy atom. The van der Waals surface area contributed by atoms with Crippen molar-refractivity contribution in [2.24, 2.45) is 0 Å². The first-order chi connectivity index (χ1) is 7.29. The molecular weight excluding hydrogens is 198 g/mol. The number of nitrogen functional groups attached to an aromatic ring is 1. The van der Waals surface area contributed by atoms with Crippen LogP contribution in [0.15, 0.2) is 12.7 Å². The summed E-state index contributed by atoms with van der Waals surface area (Å²) in [7, 11) is 0. The molecule has 0 saturated carbocycles. The van der Waals surface area contributed by atoms with Gasteiger partial charge in [0.2, 0.25) is 0 Å². The molecule has 1 aromatic heterocycles. The third-order valence-corrected chi connectivity index (χ3v) is 2.57. The zero-order valence-corrected chi connectivity index (χ0v) is 11.0. The van der Waals surface area contributed by atoms with E-state index in [2.05, 4.69) is 50.7 Å². The Morgan fingerprint density at radius 2 is 2.00 bits per heavy atom. The molecule has 1 aromatic rings. The van der Waals surface area contributed by atoms with E-state index in [1.807, 2.05) is 6.08 Å². The number of anilines is 1. The summed E-state index contributed by atoms with van der Waals surface area (Å²) < 4.78 is 2.05. The number of hydrogen-bond acceptors (Lipinski definition) is 2. The average Bonchev–Trinajstić information content (AvgIpc) is 2.44. The fraction of sp³-hybridized carbons (Fsp3) is 0.615. The van der Waals surface area contributed by atoms with Crippen LogP contribution in [0.3, 0.4) is 0 Å². The highest BCUT2D eigenvalue weighted by Gasteiger charge is 2.25. The fourth-order valence-electron chi connectivity index (χ4n) is 1.80. The van der Waals surface area contributed by atoms with Crippen LogP contribution in [-0.4, -0.2) is 9.55 Å². The number of hydrogen-bond donors (Lipinski definition) is 1. The SMILES string of the molecule is C=CCn1c(C(C)C)nc(C(C)(C)C)c1N. The minimum atomic E-state index is -0.0137. The van der Waals surface area contributed by atoms with Gasteiger partial charge in [-0.05, 0) is 0 Å². The molecule has 1 rings (SSSR count). The van der Waals surface area contributed by atoms with E-state index in [0.717, 1.165) is 23.9 Å². The number of nitrogens with two attached hydrogens (primary N) is 1. The molecule has 0 aromatic carbocycles. The van der Waals surface area contributed by atoms with Gasteiger partial charge in [0, 0.05) is 17.9 Å². The first-order valence-electron chi connectivity index (χ1n) is 5.76. The van der Waals surface area contributed by atoms with E-state index in [4.69, 9.17) is 5.73 Å². The zero-order valence-electron chi connectivity index (χ0n) is 11.0. The Morgan fingerprint density at radius 3 is 2.38 bits per heavy atom. The van der Waals surface area contributed by atoms with Crippen molar-refractivity contribution in [1.82, 2.24) is 9.55 Å². The lowest BCUT2D eigenvalue weighted by molar-refractivity contribution is 0.571. The summed E-state index contributed by atoms with van der Waals surface area (Å²) in [6, 6.07) is 0. The van der Waals surface area contributed by atoms with Gasteiger partial charge in [0.15, 0.2) is 0 Å². The lowest BCUT2D eigenvalue weighted by Crippen LogP contribution is -2.15. The van der Waals surface area contributed by atoms with Gasteiger partial charge in [-0.15, -0.1) is 6.58 Å². The van der Waals surface area contributed by atoms with Crippen molar-refractivity contribution in [3.05, 3.63) is 24.2 Å². The van der Waals surface area contributed by atoms with Crippen LogP contribution in [0.1, 0.15) is 52.1 Å². The maximum Gasteiger partial charge on any atom is 0.127 e. The predicted octanol–water partition coefficient (Wildman–Crippen LogP) is 3.07. The van der Waals surface area contributed by atoms with Crippen LogP contribution in [0.2, 0.25) is 0 Å². The van der Waals surface area contributed by atoms with Gasteiger partial charge in [0.1, 0.15) is 11.6 Å². The van der Waals surface area contributed by atoms with Crippen LogP contribution in [0.4, 0.5) is 5.82 Å². The average molecular weight is 221 g/mol. The van der Waals surface area contributed by atoms with Crippen molar-refractivity contribution in [3.8, 4) is 0 Å². The summed E-state index contributed by atoms with van der Waals surface area (Å²) in [6.45, 7) is 15.2. The van der Waals surface area contributed by atoms with Gasteiger partial charge in [-0.3, -0.25) is 0 Å². The first-order valence-corrected chi connectivity index (χ1v) is 5.76. The lowest BCUT2D eigenvalue weighted by Gasteiger charge is -2.16. The van der Waals surface area contributed by atoms with Crippen LogP contribution in [0.5, 0.6) is 0 Å². The largest absolute Gasteiger partial charge is 0.384 e. The molecule has 0 aliphatic rings. The summed E-state index contributed by atoms with van der Waals surface area (Å²) in [5.41, 5.74) is 7.14. The Balaban J connectivity index is 3.35. The molecule has 0 amide bonds. The van der Waals surface area contributed by atoms with Crippen molar-refractivity contribution in [2.45, 2.75) is 52.5 Å². The second-order valence-electron chi connectivity index (χ2n) is 5.51. The summed E-state index contributed by atoms with van der Waals surface area (Å²) in [5.74, 6) is 2.19. The Kier molecular flexibility index (Phi) is 3.46. The smallest absolute Gasteiger partial charge is 0.127 e. The maximum atomic E-state index is 6.17. The lowest BCUT2D eigenvalue weighted by atomic mass is 9.92. The molecule has 0 bridgehead atoms. The van der Waals surface area contributed by atoms with Crippen molar-refractivity contribution >= 4 is 5.82 Å². The monoisotopic (exact) mass is 221 g/mol. The van der Waals surface area contributed by atoms with Crippen LogP contribution >= 0.6 is 0 Å². The molecule has 0 radical (unpaired) electrons. The van der Waals surface area contributed by atoms with Gasteiger partial charge in [0.05, 0.1) is 5.69 Å². The topological polar surface area (TPSA) is 43.8 Å². The molecule has 16 heavy (non-hydrogen) atoms. The summed E-state index contributed by atoms with van der Waals surface area (Å²) in [5, 5.41) is 0. The molecule has 2 N–H and O–H groups in total. The molecule has 0 aliphatic carbocycles. The molecule has 3 heteroatoms. The van der Waals surface area contributed by atoms with Crippen molar-refractivity contribution in [1.29, 1.82) is 0 Å². The first kappa shape index (κ1) is 12.8. The van der Waals surface area contributed by atoms with Gasteiger partial charge >= 0.3 is 0 Å². The van der Waals surface area contributed by atoms with Gasteiger partial charge in [-0.25, -0.2) is 4.98 Å². The maximum absolute atomic E-state index is 6.17. The Bertz CT molecular complexity index is 381. The minimum absolute atomic E-state index is 0.0137. The highest BCUT2D eigenvalue weighted by Crippen LogP contribution is 2.30. The van der Waals surface area contributed by atoms with Crippen LogP contribution in [0.25, 0.3) is 0 Å². The standard InChI is InChI=1S/C13H23N3/c1-7-8-16-11(14)10(13(4,5)6)15-12(16)9(2)3/h7,9H,1,8,14H2,2-6H3. The fourth-order valence-corrected chi connectivity index (χ4v) is 1.80. The molecule has 90 valence electrons. The highest BCUT2D eigenvalue weighted by molar-refractivity contribution is 5.43. The molecule has 3 nitrogen and oxygen atoms in total. The summed E-state index contributed by atoms with van der Waals surface area (Å²) >= 11 is 0. The molecule has 0 saturated heterocycles. The molecule has 0 fully saturated rings. The number of nitrogens with zero attached hydrogens (tertiary/aromatic N) is 2. The molecule has 0 spiro atoms. The molecule has 0 atom stereocenters.